The normalized spacial score (nSPS) is 16.8. The van der Waals surface area contributed by atoms with Gasteiger partial charge in [0.1, 0.15) is 17.5 Å². The molecule has 0 saturated carbocycles. The molecule has 8 nitrogen and oxygen atoms in total. The van der Waals surface area contributed by atoms with E-state index in [-0.39, 0.29) is 18.0 Å². The summed E-state index contributed by atoms with van der Waals surface area (Å²) in [6, 6.07) is 23.0. The quantitative estimate of drug-likeness (QED) is 0.336. The third-order valence-corrected chi connectivity index (χ3v) is 6.61. The van der Waals surface area contributed by atoms with Gasteiger partial charge in [-0.3, -0.25) is 9.78 Å². The van der Waals surface area contributed by atoms with Gasteiger partial charge in [-0.2, -0.15) is 0 Å². The van der Waals surface area contributed by atoms with Crippen molar-refractivity contribution in [2.75, 3.05) is 24.4 Å². The first-order valence-corrected chi connectivity index (χ1v) is 12.2. The van der Waals surface area contributed by atoms with Gasteiger partial charge in [0.15, 0.2) is 5.11 Å². The fourth-order valence-corrected chi connectivity index (χ4v) is 5.10. The number of nitrogens with zero attached hydrogens (tertiary/aromatic N) is 3. The molecule has 1 aliphatic heterocycles. The minimum Gasteiger partial charge on any atom is -0.495 e. The largest absolute Gasteiger partial charge is 0.495 e. The fraction of sp³-hybridized carbons (Fsp3) is 0.179. The number of amides is 1. The zero-order valence-electron chi connectivity index (χ0n) is 20.7. The van der Waals surface area contributed by atoms with E-state index in [2.05, 4.69) is 31.2 Å². The molecule has 1 aliphatic rings. The van der Waals surface area contributed by atoms with Crippen LogP contribution in [0.1, 0.15) is 30.4 Å². The van der Waals surface area contributed by atoms with Crippen molar-refractivity contribution >= 4 is 34.6 Å². The lowest BCUT2D eigenvalue weighted by Gasteiger charge is -2.29. The van der Waals surface area contributed by atoms with Crippen molar-refractivity contribution in [1.29, 1.82) is 0 Å². The predicted molar refractivity (Wildman–Crippen MR) is 148 cm³/mol. The molecule has 4 aromatic rings. The average molecular weight is 514 g/mol. The van der Waals surface area contributed by atoms with Gasteiger partial charge in [0.05, 0.1) is 37.3 Å². The summed E-state index contributed by atoms with van der Waals surface area (Å²) >= 11 is 5.89. The SMILES string of the molecule is COc1ccc(N2C(=S)N[C@H](c3ccccn3)[C@@H]2c2cccn2-c2ccccc2OC)cc1NC(C)=O. The Morgan fingerprint density at radius 1 is 1.00 bits per heavy atom. The Bertz CT molecular complexity index is 1440. The number of para-hydroxylation sites is 2. The van der Waals surface area contributed by atoms with E-state index in [1.165, 1.54) is 6.92 Å². The molecule has 5 rings (SSSR count). The van der Waals surface area contributed by atoms with E-state index < -0.39 is 0 Å². The molecule has 2 aromatic heterocycles. The zero-order valence-corrected chi connectivity index (χ0v) is 21.5. The smallest absolute Gasteiger partial charge is 0.221 e. The molecule has 1 saturated heterocycles. The van der Waals surface area contributed by atoms with Crippen molar-refractivity contribution in [3.05, 3.63) is 96.6 Å². The number of hydrogen-bond donors (Lipinski definition) is 2. The number of nitrogens with one attached hydrogen (secondary N) is 2. The molecule has 1 fully saturated rings. The monoisotopic (exact) mass is 513 g/mol. The van der Waals surface area contributed by atoms with Gasteiger partial charge < -0.3 is 29.6 Å². The van der Waals surface area contributed by atoms with Crippen LogP contribution in [-0.4, -0.2) is 34.8 Å². The summed E-state index contributed by atoms with van der Waals surface area (Å²) < 4.78 is 13.3. The van der Waals surface area contributed by atoms with E-state index in [0.717, 1.165) is 28.5 Å². The molecular weight excluding hydrogens is 486 g/mol. The van der Waals surface area contributed by atoms with Crippen molar-refractivity contribution in [2.45, 2.75) is 19.0 Å². The Morgan fingerprint density at radius 2 is 1.78 bits per heavy atom. The molecule has 2 aromatic carbocycles. The Labute approximate surface area is 220 Å². The lowest BCUT2D eigenvalue weighted by molar-refractivity contribution is -0.114. The van der Waals surface area contributed by atoms with Crippen LogP contribution in [0.5, 0.6) is 11.5 Å². The van der Waals surface area contributed by atoms with Crippen molar-refractivity contribution < 1.29 is 14.3 Å². The molecule has 3 heterocycles. The van der Waals surface area contributed by atoms with Crippen molar-refractivity contribution in [2.24, 2.45) is 0 Å². The molecule has 188 valence electrons. The summed E-state index contributed by atoms with van der Waals surface area (Å²) in [5.41, 5.74) is 4.13. The van der Waals surface area contributed by atoms with E-state index >= 15 is 0 Å². The standard InChI is InChI=1S/C28H27N5O3S/c1-18(34)30-21-17-19(13-14-24(21)35-2)33-27(26(31-28(33)37)20-9-6-7-15-29-20)23-11-8-16-32(23)22-10-4-5-12-25(22)36-3/h4-17,26-27H,1-3H3,(H,30,34)(H,31,37)/t26-,27+/m1/s1. The highest BCUT2D eigenvalue weighted by Gasteiger charge is 2.42. The Hall–Kier alpha value is -4.37. The van der Waals surface area contributed by atoms with Crippen LogP contribution in [0, 0.1) is 0 Å². The number of hydrogen-bond acceptors (Lipinski definition) is 5. The first kappa shape index (κ1) is 24.3. The molecule has 37 heavy (non-hydrogen) atoms. The van der Waals surface area contributed by atoms with Gasteiger partial charge in [0.25, 0.3) is 0 Å². The van der Waals surface area contributed by atoms with Crippen LogP contribution in [-0.2, 0) is 4.79 Å². The lowest BCUT2D eigenvalue weighted by atomic mass is 10.0. The Kier molecular flexibility index (Phi) is 6.78. The number of thiocarbonyl (C=S) groups is 1. The predicted octanol–water partition coefficient (Wildman–Crippen LogP) is 5.03. The number of carbonyl (C=O) groups is 1. The summed E-state index contributed by atoms with van der Waals surface area (Å²) in [5, 5.41) is 6.89. The highest BCUT2D eigenvalue weighted by atomic mass is 32.1. The van der Waals surface area contributed by atoms with E-state index in [4.69, 9.17) is 21.7 Å². The number of methoxy groups -OCH3 is 2. The topological polar surface area (TPSA) is 80.7 Å². The fourth-order valence-electron chi connectivity index (χ4n) is 4.75. The molecule has 0 spiro atoms. The van der Waals surface area contributed by atoms with E-state index in [9.17, 15) is 4.79 Å². The number of pyridine rings is 1. The van der Waals surface area contributed by atoms with Crippen molar-refractivity contribution in [1.82, 2.24) is 14.9 Å². The number of benzene rings is 2. The molecule has 0 radical (unpaired) electrons. The summed E-state index contributed by atoms with van der Waals surface area (Å²) in [5.74, 6) is 1.13. The van der Waals surface area contributed by atoms with Crippen LogP contribution in [0.4, 0.5) is 11.4 Å². The highest BCUT2D eigenvalue weighted by molar-refractivity contribution is 7.80. The minimum atomic E-state index is -0.263. The van der Waals surface area contributed by atoms with Gasteiger partial charge in [-0.05, 0) is 66.8 Å². The summed E-state index contributed by atoms with van der Waals surface area (Å²) in [7, 11) is 3.24. The maximum absolute atomic E-state index is 11.9. The first-order chi connectivity index (χ1) is 18.0. The summed E-state index contributed by atoms with van der Waals surface area (Å²) in [6.45, 7) is 1.47. The average Bonchev–Trinajstić information content (AvgIpc) is 3.53. The number of anilines is 2. The Morgan fingerprint density at radius 3 is 2.51 bits per heavy atom. The van der Waals surface area contributed by atoms with Gasteiger partial charge in [0.2, 0.25) is 5.91 Å². The number of carbonyl (C=O) groups excluding carboxylic acids is 1. The van der Waals surface area contributed by atoms with Gasteiger partial charge >= 0.3 is 0 Å². The van der Waals surface area contributed by atoms with Crippen LogP contribution in [0.2, 0.25) is 0 Å². The molecule has 2 atom stereocenters. The van der Waals surface area contributed by atoms with Crippen LogP contribution >= 0.6 is 12.2 Å². The number of rotatable bonds is 7. The van der Waals surface area contributed by atoms with E-state index in [0.29, 0.717) is 16.5 Å². The molecule has 2 N–H and O–H groups in total. The second-order valence-electron chi connectivity index (χ2n) is 8.54. The van der Waals surface area contributed by atoms with Gasteiger partial charge in [-0.15, -0.1) is 0 Å². The van der Waals surface area contributed by atoms with Crippen molar-refractivity contribution in [3.8, 4) is 17.2 Å². The third-order valence-electron chi connectivity index (χ3n) is 6.30. The van der Waals surface area contributed by atoms with Crippen LogP contribution < -0.4 is 25.0 Å². The molecule has 1 amide bonds. The minimum absolute atomic E-state index is 0.189. The maximum atomic E-state index is 11.9. The molecule has 0 unspecified atom stereocenters. The van der Waals surface area contributed by atoms with E-state index in [1.807, 2.05) is 72.9 Å². The van der Waals surface area contributed by atoms with Gasteiger partial charge in [-0.1, -0.05) is 18.2 Å². The molecule has 0 aliphatic carbocycles. The molecular formula is C28H27N5O3S. The maximum Gasteiger partial charge on any atom is 0.221 e. The van der Waals surface area contributed by atoms with Crippen molar-refractivity contribution in [3.63, 3.8) is 0 Å². The first-order valence-electron chi connectivity index (χ1n) is 11.8. The zero-order chi connectivity index (χ0) is 25.9. The summed E-state index contributed by atoms with van der Waals surface area (Å²) in [6.07, 6.45) is 3.79. The van der Waals surface area contributed by atoms with Crippen LogP contribution in [0.3, 0.4) is 0 Å². The lowest BCUT2D eigenvalue weighted by Crippen LogP contribution is -2.30. The molecule has 0 bridgehead atoms. The number of aromatic nitrogens is 2. The van der Waals surface area contributed by atoms with Crippen LogP contribution in [0.15, 0.2) is 85.2 Å². The molecule has 9 heteroatoms. The van der Waals surface area contributed by atoms with Crippen LogP contribution in [0.25, 0.3) is 5.69 Å². The third kappa shape index (κ3) is 4.61. The summed E-state index contributed by atoms with van der Waals surface area (Å²) in [4.78, 5) is 18.6. The van der Waals surface area contributed by atoms with Gasteiger partial charge in [-0.25, -0.2) is 0 Å². The second-order valence-corrected chi connectivity index (χ2v) is 8.92. The Balaban J connectivity index is 1.68. The second kappa shape index (κ2) is 10.3. The highest BCUT2D eigenvalue weighted by Crippen LogP contribution is 2.44. The van der Waals surface area contributed by atoms with E-state index in [1.54, 1.807) is 20.4 Å². The van der Waals surface area contributed by atoms with Gasteiger partial charge in [0, 0.05) is 30.7 Å². The number of ether oxygens (including phenoxy) is 2.